The minimum atomic E-state index is -0.310. The van der Waals surface area contributed by atoms with Crippen molar-refractivity contribution in [1.82, 2.24) is 10.2 Å². The van der Waals surface area contributed by atoms with E-state index in [2.05, 4.69) is 37.9 Å². The van der Waals surface area contributed by atoms with E-state index in [1.165, 1.54) is 5.56 Å². The van der Waals surface area contributed by atoms with Crippen molar-refractivity contribution in [1.29, 1.82) is 0 Å². The summed E-state index contributed by atoms with van der Waals surface area (Å²) in [5.41, 5.74) is 1.93. The van der Waals surface area contributed by atoms with Gasteiger partial charge >= 0.3 is 5.97 Å². The number of carbonyl (C=O) groups is 1. The maximum atomic E-state index is 12.7. The predicted molar refractivity (Wildman–Crippen MR) is 120 cm³/mol. The molecule has 0 unspecified atom stereocenters. The van der Waals surface area contributed by atoms with Gasteiger partial charge in [-0.05, 0) is 64.0 Å². The molecule has 2 rings (SSSR count). The molecule has 0 heterocycles. The average Bonchev–Trinajstić information content (AvgIpc) is 2.71. The van der Waals surface area contributed by atoms with Crippen LogP contribution in [-0.2, 0) is 16.0 Å². The maximum Gasteiger partial charge on any atom is 0.320 e. The highest BCUT2D eigenvalue weighted by atomic mass is 35.5. The van der Waals surface area contributed by atoms with Gasteiger partial charge in [0.25, 0.3) is 0 Å². The first-order valence-corrected chi connectivity index (χ1v) is 10.5. The monoisotopic (exact) mass is 416 g/mol. The number of hydrogen-bond donors (Lipinski definition) is 1. The zero-order valence-corrected chi connectivity index (χ0v) is 18.9. The number of halogens is 1. The Morgan fingerprint density at radius 2 is 1.76 bits per heavy atom. The molecule has 2 aromatic rings. The van der Waals surface area contributed by atoms with Crippen LogP contribution in [0.4, 0.5) is 0 Å². The van der Waals surface area contributed by atoms with E-state index in [1.807, 2.05) is 61.6 Å². The van der Waals surface area contributed by atoms with Gasteiger partial charge in [-0.3, -0.25) is 9.69 Å². The lowest BCUT2D eigenvalue weighted by atomic mass is 9.95. The molecule has 158 valence electrons. The molecule has 0 aromatic heterocycles. The molecule has 0 fully saturated rings. The number of carbonyl (C=O) groups excluding carboxylic acids is 1. The molecule has 0 spiro atoms. The van der Waals surface area contributed by atoms with Crippen LogP contribution < -0.4 is 5.32 Å². The molecule has 0 radical (unpaired) electrons. The summed E-state index contributed by atoms with van der Waals surface area (Å²) in [4.78, 5) is 14.8. The van der Waals surface area contributed by atoms with E-state index in [-0.39, 0.29) is 30.2 Å². The first-order valence-electron chi connectivity index (χ1n) is 10.2. The quantitative estimate of drug-likeness (QED) is 0.560. The summed E-state index contributed by atoms with van der Waals surface area (Å²) in [5.74, 6) is -0.251. The number of benzene rings is 2. The third-order valence-corrected chi connectivity index (χ3v) is 5.54. The van der Waals surface area contributed by atoms with Gasteiger partial charge in [0.15, 0.2) is 0 Å². The van der Waals surface area contributed by atoms with Gasteiger partial charge in [-0.1, -0.05) is 61.0 Å². The Morgan fingerprint density at radius 1 is 1.14 bits per heavy atom. The molecule has 5 heteroatoms. The summed E-state index contributed by atoms with van der Waals surface area (Å²) >= 11 is 5.96. The third-order valence-electron chi connectivity index (χ3n) is 5.29. The van der Waals surface area contributed by atoms with Crippen molar-refractivity contribution in [2.24, 2.45) is 0 Å². The Balaban J connectivity index is 1.99. The van der Waals surface area contributed by atoms with E-state index >= 15 is 0 Å². The van der Waals surface area contributed by atoms with Crippen molar-refractivity contribution < 1.29 is 9.53 Å². The molecule has 2 atom stereocenters. The summed E-state index contributed by atoms with van der Waals surface area (Å²) in [6.07, 6.45) is 0.476. The third kappa shape index (κ3) is 7.46. The van der Waals surface area contributed by atoms with Gasteiger partial charge in [-0.2, -0.15) is 0 Å². The van der Waals surface area contributed by atoms with Crippen LogP contribution in [0.25, 0.3) is 0 Å². The molecule has 0 aliphatic rings. The molecule has 0 aliphatic carbocycles. The number of nitrogens with one attached hydrogen (secondary N) is 1. The van der Waals surface area contributed by atoms with Crippen LogP contribution >= 0.6 is 11.6 Å². The Kier molecular flexibility index (Phi) is 8.69. The Labute approximate surface area is 180 Å². The minimum absolute atomic E-state index is 0.0772. The van der Waals surface area contributed by atoms with Crippen LogP contribution in [0.1, 0.15) is 44.9 Å². The molecule has 29 heavy (non-hydrogen) atoms. The fraction of sp³-hybridized carbons (Fsp3) is 0.458. The molecule has 2 aromatic carbocycles. The number of likely N-dealkylation sites (N-methyl/N-ethyl adjacent to an activating group) is 1. The number of esters is 1. The molecular weight excluding hydrogens is 384 g/mol. The lowest BCUT2D eigenvalue weighted by molar-refractivity contribution is -0.152. The smallest absolute Gasteiger partial charge is 0.320 e. The van der Waals surface area contributed by atoms with Gasteiger partial charge in [0.2, 0.25) is 0 Å². The van der Waals surface area contributed by atoms with Crippen molar-refractivity contribution in [2.45, 2.75) is 51.8 Å². The maximum absolute atomic E-state index is 12.7. The summed E-state index contributed by atoms with van der Waals surface area (Å²) in [5, 5.41) is 4.06. The molecule has 0 saturated carbocycles. The second kappa shape index (κ2) is 10.8. The lowest BCUT2D eigenvalue weighted by Crippen LogP contribution is -2.45. The average molecular weight is 417 g/mol. The molecule has 0 saturated heterocycles. The molecule has 0 aliphatic heterocycles. The topological polar surface area (TPSA) is 41.6 Å². The number of hydrogen-bond acceptors (Lipinski definition) is 4. The second-order valence-electron chi connectivity index (χ2n) is 8.18. The predicted octanol–water partition coefficient (Wildman–Crippen LogP) is 4.88. The van der Waals surface area contributed by atoms with Crippen LogP contribution in [0.2, 0.25) is 5.02 Å². The van der Waals surface area contributed by atoms with E-state index in [0.717, 1.165) is 23.6 Å². The van der Waals surface area contributed by atoms with Crippen molar-refractivity contribution in [3.05, 3.63) is 70.7 Å². The highest BCUT2D eigenvalue weighted by molar-refractivity contribution is 6.30. The first kappa shape index (κ1) is 23.4. The van der Waals surface area contributed by atoms with E-state index in [0.29, 0.717) is 0 Å². The van der Waals surface area contributed by atoms with Crippen molar-refractivity contribution >= 4 is 17.6 Å². The summed E-state index contributed by atoms with van der Waals surface area (Å²) in [6, 6.07) is 17.8. The van der Waals surface area contributed by atoms with Crippen LogP contribution in [0.3, 0.4) is 0 Å². The van der Waals surface area contributed by atoms with Crippen LogP contribution in [0.5, 0.6) is 0 Å². The van der Waals surface area contributed by atoms with E-state index in [9.17, 15) is 4.79 Å². The molecule has 0 bridgehead atoms. The molecule has 4 nitrogen and oxygen atoms in total. The highest BCUT2D eigenvalue weighted by Gasteiger charge is 2.27. The van der Waals surface area contributed by atoms with Gasteiger partial charge in [0.05, 0.1) is 6.54 Å². The molecule has 0 amide bonds. The minimum Gasteiger partial charge on any atom is -0.455 e. The van der Waals surface area contributed by atoms with Crippen LogP contribution in [0.15, 0.2) is 54.6 Å². The normalized spacial score (nSPS) is 13.9. The van der Waals surface area contributed by atoms with Gasteiger partial charge < -0.3 is 10.1 Å². The van der Waals surface area contributed by atoms with E-state index in [4.69, 9.17) is 16.3 Å². The Morgan fingerprint density at radius 3 is 2.34 bits per heavy atom. The lowest BCUT2D eigenvalue weighted by Gasteiger charge is -2.32. The van der Waals surface area contributed by atoms with Crippen molar-refractivity contribution in [2.75, 3.05) is 20.1 Å². The fourth-order valence-electron chi connectivity index (χ4n) is 3.28. The van der Waals surface area contributed by atoms with Crippen molar-refractivity contribution in [3.63, 3.8) is 0 Å². The highest BCUT2D eigenvalue weighted by Crippen LogP contribution is 2.24. The first-order chi connectivity index (χ1) is 13.7. The van der Waals surface area contributed by atoms with E-state index < -0.39 is 0 Å². The summed E-state index contributed by atoms with van der Waals surface area (Å²) < 4.78 is 5.92. The van der Waals surface area contributed by atoms with Gasteiger partial charge in [0, 0.05) is 16.6 Å². The summed E-state index contributed by atoms with van der Waals surface area (Å²) in [6.45, 7) is 9.39. The van der Waals surface area contributed by atoms with E-state index in [1.54, 1.807) is 0 Å². The van der Waals surface area contributed by atoms with Crippen molar-refractivity contribution in [3.8, 4) is 0 Å². The summed E-state index contributed by atoms with van der Waals surface area (Å²) in [7, 11) is 2.04. The SMILES string of the molecule is CCN(C)[C@@H](C)[C@H](OC(=O)CNC(C)(C)Cc1ccc(Cl)cc1)c1ccccc1. The van der Waals surface area contributed by atoms with Gasteiger partial charge in [-0.15, -0.1) is 0 Å². The van der Waals surface area contributed by atoms with Crippen LogP contribution in [0, 0.1) is 0 Å². The number of nitrogens with zero attached hydrogens (tertiary/aromatic N) is 1. The Bertz CT molecular complexity index is 762. The second-order valence-corrected chi connectivity index (χ2v) is 8.61. The van der Waals surface area contributed by atoms with Gasteiger partial charge in [0.1, 0.15) is 6.10 Å². The molecular formula is C24H33ClN2O2. The molecule has 1 N–H and O–H groups in total. The fourth-order valence-corrected chi connectivity index (χ4v) is 3.40. The zero-order valence-electron chi connectivity index (χ0n) is 18.1. The standard InChI is InChI=1S/C24H33ClN2O2/c1-6-27(5)18(2)23(20-10-8-7-9-11-20)29-22(28)17-26-24(3,4)16-19-12-14-21(25)15-13-19/h7-15,18,23,26H,6,16-17H2,1-5H3/t18-,23-/m0/s1. The number of rotatable bonds is 10. The largest absolute Gasteiger partial charge is 0.455 e. The Hall–Kier alpha value is -1.88. The number of ether oxygens (including phenoxy) is 1. The van der Waals surface area contributed by atoms with Crippen LogP contribution in [-0.4, -0.2) is 42.6 Å². The van der Waals surface area contributed by atoms with Gasteiger partial charge in [-0.25, -0.2) is 0 Å². The zero-order chi connectivity index (χ0) is 21.4.